The van der Waals surface area contributed by atoms with E-state index in [-0.39, 0.29) is 11.0 Å². The van der Waals surface area contributed by atoms with Gasteiger partial charge in [-0.2, -0.15) is 0 Å². The van der Waals surface area contributed by atoms with Gasteiger partial charge in [-0.25, -0.2) is 0 Å². The molecule has 16 heavy (non-hydrogen) atoms. The van der Waals surface area contributed by atoms with Gasteiger partial charge in [0.15, 0.2) is 0 Å². The summed E-state index contributed by atoms with van der Waals surface area (Å²) in [7, 11) is 0. The molecule has 3 heteroatoms. The largest absolute Gasteiger partial charge is 0.379 e. The Morgan fingerprint density at radius 2 is 2.00 bits per heavy atom. The molecule has 2 fully saturated rings. The molecule has 3 rings (SSSR count). The lowest BCUT2D eigenvalue weighted by Gasteiger charge is -2.47. The van der Waals surface area contributed by atoms with Crippen LogP contribution in [0.4, 0.5) is 0 Å². The summed E-state index contributed by atoms with van der Waals surface area (Å²) in [4.78, 5) is 0. The lowest BCUT2D eigenvalue weighted by Crippen LogP contribution is -2.61. The Balaban J connectivity index is 2.10. The number of nitrogens with two attached hydrogens (primary N) is 1. The minimum absolute atomic E-state index is 0.0171. The molecule has 1 aromatic carbocycles. The quantitative estimate of drug-likeness (QED) is 0.904. The molecule has 0 atom stereocenters. The standard InChI is InChI=1S/C13H16BrNO/c1-9-2-3-10(14)6-11(9)12(7-16-8-12)13(15)4-5-13/h2-3,6H,4-5,7-8,15H2,1H3. The summed E-state index contributed by atoms with van der Waals surface area (Å²) in [5.74, 6) is 0. The van der Waals surface area contributed by atoms with Crippen molar-refractivity contribution in [1.29, 1.82) is 0 Å². The highest BCUT2D eigenvalue weighted by atomic mass is 79.9. The summed E-state index contributed by atoms with van der Waals surface area (Å²) in [5.41, 5.74) is 9.19. The third kappa shape index (κ3) is 1.31. The molecule has 2 aliphatic rings. The normalized spacial score (nSPS) is 24.9. The monoisotopic (exact) mass is 281 g/mol. The van der Waals surface area contributed by atoms with Crippen LogP contribution in [-0.4, -0.2) is 18.8 Å². The second-order valence-corrected chi connectivity index (χ2v) is 6.11. The molecule has 86 valence electrons. The summed E-state index contributed by atoms with van der Waals surface area (Å²) in [6, 6.07) is 6.46. The van der Waals surface area contributed by atoms with Gasteiger partial charge < -0.3 is 10.5 Å². The van der Waals surface area contributed by atoms with E-state index in [2.05, 4.69) is 41.1 Å². The highest BCUT2D eigenvalue weighted by molar-refractivity contribution is 9.10. The van der Waals surface area contributed by atoms with E-state index in [1.54, 1.807) is 0 Å². The van der Waals surface area contributed by atoms with Crippen LogP contribution in [0.2, 0.25) is 0 Å². The molecule has 0 amide bonds. The molecule has 0 aromatic heterocycles. The third-order valence-corrected chi connectivity index (χ3v) is 4.65. The molecular weight excluding hydrogens is 266 g/mol. The van der Waals surface area contributed by atoms with Crippen molar-refractivity contribution in [3.63, 3.8) is 0 Å². The van der Waals surface area contributed by atoms with Crippen LogP contribution in [0.25, 0.3) is 0 Å². The summed E-state index contributed by atoms with van der Waals surface area (Å²) in [6.07, 6.45) is 2.25. The molecule has 0 unspecified atom stereocenters. The van der Waals surface area contributed by atoms with E-state index in [0.717, 1.165) is 30.5 Å². The number of rotatable bonds is 2. The van der Waals surface area contributed by atoms with Crippen LogP contribution in [0.5, 0.6) is 0 Å². The average molecular weight is 282 g/mol. The number of ether oxygens (including phenoxy) is 1. The van der Waals surface area contributed by atoms with Crippen molar-refractivity contribution in [3.8, 4) is 0 Å². The molecule has 1 saturated heterocycles. The third-order valence-electron chi connectivity index (χ3n) is 4.15. The predicted molar refractivity (Wildman–Crippen MR) is 67.5 cm³/mol. The van der Waals surface area contributed by atoms with Crippen LogP contribution >= 0.6 is 15.9 Å². The zero-order chi connectivity index (χ0) is 11.4. The Labute approximate surface area is 104 Å². The second-order valence-electron chi connectivity index (χ2n) is 5.19. The number of aryl methyl sites for hydroxylation is 1. The van der Waals surface area contributed by atoms with Gasteiger partial charge in [-0.3, -0.25) is 0 Å². The van der Waals surface area contributed by atoms with Gasteiger partial charge in [0.25, 0.3) is 0 Å². The molecule has 1 aromatic rings. The molecule has 1 aliphatic carbocycles. The zero-order valence-electron chi connectivity index (χ0n) is 9.42. The first-order valence-electron chi connectivity index (χ1n) is 5.71. The highest BCUT2D eigenvalue weighted by Gasteiger charge is 2.61. The van der Waals surface area contributed by atoms with E-state index < -0.39 is 0 Å². The van der Waals surface area contributed by atoms with Crippen LogP contribution in [0.1, 0.15) is 24.0 Å². The number of halogens is 1. The minimum atomic E-state index is -0.0171. The number of hydrogen-bond donors (Lipinski definition) is 1. The number of hydrogen-bond acceptors (Lipinski definition) is 2. The van der Waals surface area contributed by atoms with E-state index in [1.807, 2.05) is 0 Å². The van der Waals surface area contributed by atoms with Crippen LogP contribution in [-0.2, 0) is 10.2 Å². The van der Waals surface area contributed by atoms with Crippen molar-refractivity contribution in [2.75, 3.05) is 13.2 Å². The van der Waals surface area contributed by atoms with Crippen molar-refractivity contribution >= 4 is 15.9 Å². The van der Waals surface area contributed by atoms with Crippen LogP contribution < -0.4 is 5.73 Å². The fourth-order valence-electron chi connectivity index (χ4n) is 2.74. The van der Waals surface area contributed by atoms with Gasteiger partial charge in [-0.15, -0.1) is 0 Å². The average Bonchev–Trinajstić information content (AvgIpc) is 2.89. The molecule has 0 spiro atoms. The summed E-state index contributed by atoms with van der Waals surface area (Å²) >= 11 is 3.55. The Hall–Kier alpha value is -0.380. The lowest BCUT2D eigenvalue weighted by molar-refractivity contribution is -0.0789. The van der Waals surface area contributed by atoms with E-state index in [1.165, 1.54) is 11.1 Å². The van der Waals surface area contributed by atoms with Gasteiger partial charge in [0.1, 0.15) is 0 Å². The maximum absolute atomic E-state index is 6.44. The van der Waals surface area contributed by atoms with Crippen LogP contribution in [0, 0.1) is 6.92 Å². The van der Waals surface area contributed by atoms with Crippen molar-refractivity contribution < 1.29 is 4.74 Å². The zero-order valence-corrected chi connectivity index (χ0v) is 11.0. The van der Waals surface area contributed by atoms with Crippen molar-refractivity contribution in [2.45, 2.75) is 30.7 Å². The molecule has 1 saturated carbocycles. The van der Waals surface area contributed by atoms with E-state index in [9.17, 15) is 0 Å². The SMILES string of the molecule is Cc1ccc(Br)cc1C1(C2(N)CC2)COC1. The van der Waals surface area contributed by atoms with E-state index in [4.69, 9.17) is 10.5 Å². The highest BCUT2D eigenvalue weighted by Crippen LogP contribution is 2.54. The Morgan fingerprint density at radius 3 is 2.50 bits per heavy atom. The maximum Gasteiger partial charge on any atom is 0.0603 e. The molecule has 1 heterocycles. The summed E-state index contributed by atoms with van der Waals surface area (Å²) < 4.78 is 6.59. The van der Waals surface area contributed by atoms with E-state index >= 15 is 0 Å². The molecule has 0 bridgehead atoms. The molecular formula is C13H16BrNO. The first-order valence-corrected chi connectivity index (χ1v) is 6.50. The minimum Gasteiger partial charge on any atom is -0.379 e. The Kier molecular flexibility index (Phi) is 2.23. The Morgan fingerprint density at radius 1 is 1.31 bits per heavy atom. The van der Waals surface area contributed by atoms with Gasteiger partial charge in [-0.05, 0) is 43.0 Å². The number of benzene rings is 1. The summed E-state index contributed by atoms with van der Waals surface area (Å²) in [5, 5.41) is 0. The molecule has 2 nitrogen and oxygen atoms in total. The van der Waals surface area contributed by atoms with E-state index in [0.29, 0.717) is 0 Å². The smallest absolute Gasteiger partial charge is 0.0603 e. The fourth-order valence-corrected chi connectivity index (χ4v) is 3.10. The van der Waals surface area contributed by atoms with Gasteiger partial charge in [-0.1, -0.05) is 22.0 Å². The summed E-state index contributed by atoms with van der Waals surface area (Å²) in [6.45, 7) is 3.72. The molecule has 2 N–H and O–H groups in total. The first kappa shape index (κ1) is 10.8. The van der Waals surface area contributed by atoms with Gasteiger partial charge in [0, 0.05) is 10.0 Å². The van der Waals surface area contributed by atoms with Gasteiger partial charge in [0.05, 0.1) is 18.6 Å². The van der Waals surface area contributed by atoms with Crippen LogP contribution in [0.3, 0.4) is 0 Å². The van der Waals surface area contributed by atoms with Crippen molar-refractivity contribution in [3.05, 3.63) is 33.8 Å². The topological polar surface area (TPSA) is 35.2 Å². The fraction of sp³-hybridized carbons (Fsp3) is 0.538. The van der Waals surface area contributed by atoms with Crippen LogP contribution in [0.15, 0.2) is 22.7 Å². The van der Waals surface area contributed by atoms with Crippen molar-refractivity contribution in [2.24, 2.45) is 5.73 Å². The lowest BCUT2D eigenvalue weighted by atomic mass is 9.69. The first-order chi connectivity index (χ1) is 7.57. The van der Waals surface area contributed by atoms with Gasteiger partial charge in [0.2, 0.25) is 0 Å². The molecule has 0 radical (unpaired) electrons. The second kappa shape index (κ2) is 3.31. The molecule has 1 aliphatic heterocycles. The predicted octanol–water partition coefficient (Wildman–Crippen LogP) is 2.52. The maximum atomic E-state index is 6.44. The Bertz CT molecular complexity index is 436. The van der Waals surface area contributed by atoms with Gasteiger partial charge >= 0.3 is 0 Å². The van der Waals surface area contributed by atoms with Crippen molar-refractivity contribution in [1.82, 2.24) is 0 Å².